The van der Waals surface area contributed by atoms with Crippen molar-refractivity contribution in [2.75, 3.05) is 12.3 Å². The normalized spacial score (nSPS) is 23.0. The molecule has 3 atom stereocenters. The Morgan fingerprint density at radius 3 is 2.52 bits per heavy atom. The van der Waals surface area contributed by atoms with Crippen molar-refractivity contribution in [3.8, 4) is 0 Å². The Hall–Kier alpha value is -2.04. The molecule has 1 amide bonds. The van der Waals surface area contributed by atoms with Gasteiger partial charge in [0, 0.05) is 24.7 Å². The van der Waals surface area contributed by atoms with E-state index in [9.17, 15) is 9.59 Å². The van der Waals surface area contributed by atoms with Crippen LogP contribution in [0, 0.1) is 5.92 Å². The van der Waals surface area contributed by atoms with E-state index in [2.05, 4.69) is 0 Å². The van der Waals surface area contributed by atoms with Gasteiger partial charge in [0.2, 0.25) is 5.91 Å². The number of benzene rings is 1. The van der Waals surface area contributed by atoms with Crippen LogP contribution in [0.2, 0.25) is 0 Å². The van der Waals surface area contributed by atoms with Crippen molar-refractivity contribution in [2.45, 2.75) is 38.6 Å². The van der Waals surface area contributed by atoms with Crippen molar-refractivity contribution in [3.63, 3.8) is 0 Å². The second-order valence-corrected chi connectivity index (χ2v) is 5.83. The number of hydrogen-bond acceptors (Lipinski definition) is 3. The molecule has 1 aliphatic rings. The van der Waals surface area contributed by atoms with Gasteiger partial charge in [-0.2, -0.15) is 0 Å². The molecule has 1 saturated heterocycles. The molecule has 0 aliphatic carbocycles. The van der Waals surface area contributed by atoms with Gasteiger partial charge in [0.25, 0.3) is 0 Å². The minimum absolute atomic E-state index is 0.0237. The van der Waals surface area contributed by atoms with Gasteiger partial charge >= 0.3 is 5.97 Å². The molecular weight excluding hydrogens is 268 g/mol. The molecule has 0 aromatic heterocycles. The lowest BCUT2D eigenvalue weighted by Crippen LogP contribution is -2.38. The van der Waals surface area contributed by atoms with Gasteiger partial charge in [-0.05, 0) is 37.0 Å². The maximum atomic E-state index is 12.4. The molecule has 5 heteroatoms. The summed E-state index contributed by atoms with van der Waals surface area (Å²) in [5.74, 6) is -1.14. The fourth-order valence-corrected chi connectivity index (χ4v) is 2.94. The zero-order valence-electron chi connectivity index (χ0n) is 12.5. The standard InChI is InChI=1S/C16H22N2O3/c1-10(12-3-5-13(17)6-4-12)9-15(19)18-8-7-14(11(18)2)16(20)21/h3-6,10-11,14H,7-9,17H2,1-2H3,(H,20,21). The van der Waals surface area contributed by atoms with Crippen molar-refractivity contribution in [1.29, 1.82) is 0 Å². The number of amides is 1. The molecule has 21 heavy (non-hydrogen) atoms. The van der Waals surface area contributed by atoms with E-state index in [1.165, 1.54) is 0 Å². The minimum atomic E-state index is -0.815. The quantitative estimate of drug-likeness (QED) is 0.832. The Morgan fingerprint density at radius 1 is 1.38 bits per heavy atom. The summed E-state index contributed by atoms with van der Waals surface area (Å²) < 4.78 is 0. The van der Waals surface area contributed by atoms with Gasteiger partial charge in [-0.1, -0.05) is 19.1 Å². The van der Waals surface area contributed by atoms with Crippen LogP contribution in [0.4, 0.5) is 5.69 Å². The van der Waals surface area contributed by atoms with E-state index in [1.54, 1.807) is 4.90 Å². The van der Waals surface area contributed by atoms with E-state index in [0.29, 0.717) is 25.1 Å². The largest absolute Gasteiger partial charge is 0.481 e. The molecule has 0 bridgehead atoms. The number of carbonyl (C=O) groups is 2. The molecule has 0 spiro atoms. The second-order valence-electron chi connectivity index (χ2n) is 5.83. The highest BCUT2D eigenvalue weighted by Gasteiger charge is 2.38. The molecule has 114 valence electrons. The third kappa shape index (κ3) is 3.35. The Morgan fingerprint density at radius 2 is 2.00 bits per heavy atom. The number of aliphatic carboxylic acids is 1. The zero-order valence-corrected chi connectivity index (χ0v) is 12.5. The van der Waals surface area contributed by atoms with E-state index >= 15 is 0 Å². The van der Waals surface area contributed by atoms with Crippen molar-refractivity contribution < 1.29 is 14.7 Å². The Labute approximate surface area is 124 Å². The van der Waals surface area contributed by atoms with E-state index in [0.717, 1.165) is 5.56 Å². The van der Waals surface area contributed by atoms with Gasteiger partial charge in [0.15, 0.2) is 0 Å². The first-order valence-electron chi connectivity index (χ1n) is 7.28. The first-order valence-corrected chi connectivity index (χ1v) is 7.28. The first-order chi connectivity index (χ1) is 9.90. The van der Waals surface area contributed by atoms with Crippen LogP contribution in [-0.4, -0.2) is 34.5 Å². The topological polar surface area (TPSA) is 83.6 Å². The van der Waals surface area contributed by atoms with Gasteiger partial charge < -0.3 is 15.7 Å². The van der Waals surface area contributed by atoms with Gasteiger partial charge in [0.1, 0.15) is 0 Å². The molecular formula is C16H22N2O3. The average molecular weight is 290 g/mol. The predicted octanol–water partition coefficient (Wildman–Crippen LogP) is 2.08. The Balaban J connectivity index is 1.98. The van der Waals surface area contributed by atoms with Crippen LogP contribution in [0.3, 0.4) is 0 Å². The van der Waals surface area contributed by atoms with Crippen molar-refractivity contribution >= 4 is 17.6 Å². The highest BCUT2D eigenvalue weighted by Crippen LogP contribution is 2.28. The number of likely N-dealkylation sites (tertiary alicyclic amines) is 1. The third-order valence-corrected chi connectivity index (χ3v) is 4.38. The van der Waals surface area contributed by atoms with Crippen LogP contribution in [-0.2, 0) is 9.59 Å². The highest BCUT2D eigenvalue weighted by atomic mass is 16.4. The SMILES string of the molecule is CC(CC(=O)N1CCC(C(=O)O)C1C)c1ccc(N)cc1. The monoisotopic (exact) mass is 290 g/mol. The maximum absolute atomic E-state index is 12.4. The summed E-state index contributed by atoms with van der Waals surface area (Å²) in [6.45, 7) is 4.35. The average Bonchev–Trinajstić information content (AvgIpc) is 2.81. The molecule has 0 radical (unpaired) electrons. The van der Waals surface area contributed by atoms with Gasteiger partial charge in [-0.25, -0.2) is 0 Å². The maximum Gasteiger partial charge on any atom is 0.308 e. The number of nitrogen functional groups attached to an aromatic ring is 1. The zero-order chi connectivity index (χ0) is 15.6. The van der Waals surface area contributed by atoms with Crippen LogP contribution >= 0.6 is 0 Å². The molecule has 3 N–H and O–H groups in total. The summed E-state index contributed by atoms with van der Waals surface area (Å²) in [6.07, 6.45) is 0.930. The molecule has 5 nitrogen and oxygen atoms in total. The molecule has 1 heterocycles. The summed E-state index contributed by atoms with van der Waals surface area (Å²) in [5, 5.41) is 9.12. The molecule has 1 aromatic carbocycles. The molecule has 3 unspecified atom stereocenters. The summed E-state index contributed by atoms with van der Waals surface area (Å²) in [5.41, 5.74) is 7.43. The first kappa shape index (κ1) is 15.4. The Bertz CT molecular complexity index is 527. The van der Waals surface area contributed by atoms with Crippen LogP contribution in [0.15, 0.2) is 24.3 Å². The summed E-state index contributed by atoms with van der Waals surface area (Å²) >= 11 is 0. The number of rotatable bonds is 4. The number of carboxylic acid groups (broad SMARTS) is 1. The number of hydrogen-bond donors (Lipinski definition) is 2. The second kappa shape index (κ2) is 6.16. The molecule has 1 fully saturated rings. The highest BCUT2D eigenvalue weighted by molar-refractivity contribution is 5.80. The molecule has 0 saturated carbocycles. The lowest BCUT2D eigenvalue weighted by atomic mass is 9.96. The number of nitrogens with two attached hydrogens (primary N) is 1. The lowest BCUT2D eigenvalue weighted by molar-refractivity contribution is -0.143. The van der Waals surface area contributed by atoms with Crippen LogP contribution in [0.25, 0.3) is 0 Å². The fourth-order valence-electron chi connectivity index (χ4n) is 2.94. The number of nitrogens with zero attached hydrogens (tertiary/aromatic N) is 1. The van der Waals surface area contributed by atoms with Crippen molar-refractivity contribution in [3.05, 3.63) is 29.8 Å². The number of carboxylic acids is 1. The van der Waals surface area contributed by atoms with Gasteiger partial charge in [-0.3, -0.25) is 9.59 Å². The number of carbonyl (C=O) groups excluding carboxylic acids is 1. The lowest BCUT2D eigenvalue weighted by Gasteiger charge is -2.25. The van der Waals surface area contributed by atoms with Crippen LogP contribution in [0.5, 0.6) is 0 Å². The van der Waals surface area contributed by atoms with E-state index in [-0.39, 0.29) is 17.9 Å². The van der Waals surface area contributed by atoms with E-state index in [1.807, 2.05) is 38.1 Å². The molecule has 2 rings (SSSR count). The molecule has 1 aliphatic heterocycles. The van der Waals surface area contributed by atoms with Crippen molar-refractivity contribution in [1.82, 2.24) is 4.90 Å². The smallest absolute Gasteiger partial charge is 0.308 e. The predicted molar refractivity (Wildman–Crippen MR) is 80.8 cm³/mol. The minimum Gasteiger partial charge on any atom is -0.481 e. The summed E-state index contributed by atoms with van der Waals surface area (Å²) in [6, 6.07) is 7.29. The summed E-state index contributed by atoms with van der Waals surface area (Å²) in [7, 11) is 0. The Kier molecular flexibility index (Phi) is 4.50. The fraction of sp³-hybridized carbons (Fsp3) is 0.500. The van der Waals surface area contributed by atoms with Crippen molar-refractivity contribution in [2.24, 2.45) is 5.92 Å². The van der Waals surface area contributed by atoms with E-state index < -0.39 is 11.9 Å². The van der Waals surface area contributed by atoms with Crippen LogP contribution < -0.4 is 5.73 Å². The van der Waals surface area contributed by atoms with E-state index in [4.69, 9.17) is 10.8 Å². The van der Waals surface area contributed by atoms with Gasteiger partial charge in [-0.15, -0.1) is 0 Å². The third-order valence-electron chi connectivity index (χ3n) is 4.38. The van der Waals surface area contributed by atoms with Crippen LogP contribution in [0.1, 0.15) is 38.2 Å². The van der Waals surface area contributed by atoms with Gasteiger partial charge in [0.05, 0.1) is 5.92 Å². The molecule has 1 aromatic rings. The number of anilines is 1. The summed E-state index contributed by atoms with van der Waals surface area (Å²) in [4.78, 5) is 25.2.